The van der Waals surface area contributed by atoms with Crippen LogP contribution in [0.25, 0.3) is 0 Å². The molecule has 0 saturated carbocycles. The van der Waals surface area contributed by atoms with E-state index in [0.717, 1.165) is 19.4 Å². The molecule has 17 heavy (non-hydrogen) atoms. The Hall–Kier alpha value is -0.860. The van der Waals surface area contributed by atoms with E-state index in [2.05, 4.69) is 39.0 Å². The van der Waals surface area contributed by atoms with Gasteiger partial charge in [-0.2, -0.15) is 0 Å². The molecule has 0 radical (unpaired) electrons. The minimum atomic E-state index is -0.198. The molecule has 1 heterocycles. The van der Waals surface area contributed by atoms with Crippen molar-refractivity contribution >= 4 is 0 Å². The highest BCUT2D eigenvalue weighted by molar-refractivity contribution is 5.34. The van der Waals surface area contributed by atoms with Gasteiger partial charge in [-0.05, 0) is 51.2 Å². The third-order valence-electron chi connectivity index (χ3n) is 3.93. The first-order valence-corrected chi connectivity index (χ1v) is 6.50. The summed E-state index contributed by atoms with van der Waals surface area (Å²) >= 11 is 0. The summed E-state index contributed by atoms with van der Waals surface area (Å²) in [4.78, 5) is 0. The van der Waals surface area contributed by atoms with Crippen LogP contribution in [0.4, 0.5) is 0 Å². The van der Waals surface area contributed by atoms with E-state index >= 15 is 0 Å². The third kappa shape index (κ3) is 2.53. The topological polar surface area (TPSA) is 35.2 Å². The number of aryl methyl sites for hydroxylation is 2. The molecule has 1 fully saturated rings. The van der Waals surface area contributed by atoms with Gasteiger partial charge in [0, 0.05) is 6.61 Å². The summed E-state index contributed by atoms with van der Waals surface area (Å²) in [5, 5.41) is 0. The molecule has 1 aliphatic heterocycles. The zero-order valence-corrected chi connectivity index (χ0v) is 11.1. The molecule has 2 heteroatoms. The van der Waals surface area contributed by atoms with E-state index in [1.165, 1.54) is 23.1 Å². The molecule has 0 spiro atoms. The number of hydrogen-bond acceptors (Lipinski definition) is 2. The SMILES string of the molecule is Cc1ccc(C)c(C(N)C2(C)CCCCO2)c1. The van der Waals surface area contributed by atoms with Crippen LogP contribution in [0.1, 0.15) is 48.9 Å². The second kappa shape index (κ2) is 4.79. The van der Waals surface area contributed by atoms with Crippen molar-refractivity contribution in [3.63, 3.8) is 0 Å². The van der Waals surface area contributed by atoms with Crippen molar-refractivity contribution < 1.29 is 4.74 Å². The van der Waals surface area contributed by atoms with Gasteiger partial charge in [0.15, 0.2) is 0 Å². The van der Waals surface area contributed by atoms with E-state index in [4.69, 9.17) is 10.5 Å². The van der Waals surface area contributed by atoms with Gasteiger partial charge < -0.3 is 10.5 Å². The molecule has 1 aromatic carbocycles. The Bertz CT molecular complexity index is 394. The molecule has 0 aromatic heterocycles. The van der Waals surface area contributed by atoms with E-state index in [1.807, 2.05) is 0 Å². The van der Waals surface area contributed by atoms with E-state index < -0.39 is 0 Å². The maximum Gasteiger partial charge on any atom is 0.0846 e. The Labute approximate surface area is 104 Å². The molecule has 94 valence electrons. The van der Waals surface area contributed by atoms with E-state index in [-0.39, 0.29) is 11.6 Å². The first kappa shape index (κ1) is 12.6. The summed E-state index contributed by atoms with van der Waals surface area (Å²) in [6.07, 6.45) is 3.44. The molecule has 2 atom stereocenters. The van der Waals surface area contributed by atoms with E-state index in [0.29, 0.717) is 0 Å². The van der Waals surface area contributed by atoms with Crippen LogP contribution in [-0.2, 0) is 4.74 Å². The molecule has 1 aromatic rings. The minimum absolute atomic E-state index is 0.0253. The molecule has 2 N–H and O–H groups in total. The average Bonchev–Trinajstić information content (AvgIpc) is 2.32. The molecule has 0 bridgehead atoms. The number of benzene rings is 1. The first-order chi connectivity index (χ1) is 8.03. The van der Waals surface area contributed by atoms with Crippen molar-refractivity contribution in [2.75, 3.05) is 6.61 Å². The highest BCUT2D eigenvalue weighted by atomic mass is 16.5. The van der Waals surface area contributed by atoms with Gasteiger partial charge in [0.2, 0.25) is 0 Å². The standard InChI is InChI=1S/C15H23NO/c1-11-6-7-12(2)13(10-11)14(16)15(3)8-4-5-9-17-15/h6-7,10,14H,4-5,8-9,16H2,1-3H3. The summed E-state index contributed by atoms with van der Waals surface area (Å²) in [6.45, 7) is 7.23. The molecule has 1 saturated heterocycles. The molecule has 0 aliphatic carbocycles. The third-order valence-corrected chi connectivity index (χ3v) is 3.93. The second-order valence-corrected chi connectivity index (χ2v) is 5.46. The number of hydrogen-bond donors (Lipinski definition) is 1. The van der Waals surface area contributed by atoms with Gasteiger partial charge >= 0.3 is 0 Å². The van der Waals surface area contributed by atoms with Crippen LogP contribution in [0.15, 0.2) is 18.2 Å². The fourth-order valence-corrected chi connectivity index (χ4v) is 2.62. The van der Waals surface area contributed by atoms with Crippen molar-refractivity contribution in [3.05, 3.63) is 34.9 Å². The number of nitrogens with two attached hydrogens (primary N) is 1. The molecule has 2 rings (SSSR count). The number of ether oxygens (including phenoxy) is 1. The molecule has 0 amide bonds. The van der Waals surface area contributed by atoms with Crippen LogP contribution >= 0.6 is 0 Å². The lowest BCUT2D eigenvalue weighted by Crippen LogP contribution is -2.43. The highest BCUT2D eigenvalue weighted by Gasteiger charge is 2.36. The Morgan fingerprint density at radius 1 is 1.29 bits per heavy atom. The molecule has 1 aliphatic rings. The molecular formula is C15H23NO. The summed E-state index contributed by atoms with van der Waals surface area (Å²) in [6, 6.07) is 6.46. The van der Waals surface area contributed by atoms with Crippen LogP contribution in [0, 0.1) is 13.8 Å². The molecular weight excluding hydrogens is 210 g/mol. The largest absolute Gasteiger partial charge is 0.373 e. The zero-order chi connectivity index (χ0) is 12.5. The van der Waals surface area contributed by atoms with Gasteiger partial charge in [-0.25, -0.2) is 0 Å². The quantitative estimate of drug-likeness (QED) is 0.851. The lowest BCUT2D eigenvalue weighted by atomic mass is 9.83. The molecule has 2 nitrogen and oxygen atoms in total. The van der Waals surface area contributed by atoms with Crippen molar-refractivity contribution in [2.24, 2.45) is 5.73 Å². The molecule has 2 unspecified atom stereocenters. The van der Waals surface area contributed by atoms with Gasteiger partial charge in [-0.15, -0.1) is 0 Å². The van der Waals surface area contributed by atoms with Crippen LogP contribution in [0.5, 0.6) is 0 Å². The summed E-state index contributed by atoms with van der Waals surface area (Å²) in [7, 11) is 0. The lowest BCUT2D eigenvalue weighted by Gasteiger charge is -2.39. The fraction of sp³-hybridized carbons (Fsp3) is 0.600. The van der Waals surface area contributed by atoms with Gasteiger partial charge in [0.1, 0.15) is 0 Å². The van der Waals surface area contributed by atoms with Crippen LogP contribution in [0.3, 0.4) is 0 Å². The minimum Gasteiger partial charge on any atom is -0.373 e. The monoisotopic (exact) mass is 233 g/mol. The van der Waals surface area contributed by atoms with E-state index in [1.54, 1.807) is 0 Å². The van der Waals surface area contributed by atoms with Gasteiger partial charge in [-0.1, -0.05) is 23.8 Å². The second-order valence-electron chi connectivity index (χ2n) is 5.46. The smallest absolute Gasteiger partial charge is 0.0846 e. The Morgan fingerprint density at radius 2 is 2.06 bits per heavy atom. The number of rotatable bonds is 2. The lowest BCUT2D eigenvalue weighted by molar-refractivity contribution is -0.0821. The van der Waals surface area contributed by atoms with Crippen LogP contribution in [-0.4, -0.2) is 12.2 Å². The van der Waals surface area contributed by atoms with Gasteiger partial charge in [0.25, 0.3) is 0 Å². The average molecular weight is 233 g/mol. The van der Waals surface area contributed by atoms with Crippen molar-refractivity contribution in [3.8, 4) is 0 Å². The van der Waals surface area contributed by atoms with Crippen LogP contribution < -0.4 is 5.73 Å². The fourth-order valence-electron chi connectivity index (χ4n) is 2.62. The van der Waals surface area contributed by atoms with Crippen molar-refractivity contribution in [1.82, 2.24) is 0 Å². The first-order valence-electron chi connectivity index (χ1n) is 6.50. The van der Waals surface area contributed by atoms with Crippen molar-refractivity contribution in [2.45, 2.75) is 51.7 Å². The van der Waals surface area contributed by atoms with Gasteiger partial charge in [0.05, 0.1) is 11.6 Å². The van der Waals surface area contributed by atoms with Crippen molar-refractivity contribution in [1.29, 1.82) is 0 Å². The maximum absolute atomic E-state index is 6.45. The predicted octanol–water partition coefficient (Wildman–Crippen LogP) is 3.26. The Morgan fingerprint density at radius 3 is 2.71 bits per heavy atom. The normalized spacial score (nSPS) is 26.8. The maximum atomic E-state index is 6.45. The Balaban J connectivity index is 2.29. The zero-order valence-electron chi connectivity index (χ0n) is 11.1. The Kier molecular flexibility index (Phi) is 3.55. The predicted molar refractivity (Wildman–Crippen MR) is 71.1 cm³/mol. The van der Waals surface area contributed by atoms with Crippen LogP contribution in [0.2, 0.25) is 0 Å². The summed E-state index contributed by atoms with van der Waals surface area (Å²) < 4.78 is 5.95. The van der Waals surface area contributed by atoms with E-state index in [9.17, 15) is 0 Å². The summed E-state index contributed by atoms with van der Waals surface area (Å²) in [5.74, 6) is 0. The summed E-state index contributed by atoms with van der Waals surface area (Å²) in [5.41, 5.74) is 10.0. The highest BCUT2D eigenvalue weighted by Crippen LogP contribution is 2.36. The van der Waals surface area contributed by atoms with Gasteiger partial charge in [-0.3, -0.25) is 0 Å².